The quantitative estimate of drug-likeness (QED) is 0.432. The Bertz CT molecular complexity index is 941. The number of hydrazone groups is 1. The van der Waals surface area contributed by atoms with Crippen molar-refractivity contribution >= 4 is 56.5 Å². The fourth-order valence-electron chi connectivity index (χ4n) is 1.56. The molecule has 2 rings (SSSR count). The Morgan fingerprint density at radius 3 is 2.88 bits per heavy atom. The lowest BCUT2D eigenvalue weighted by molar-refractivity contribution is 0.249. The molecule has 0 aliphatic heterocycles. The number of nitrogens with two attached hydrogens (primary N) is 1. The number of nitrogens with one attached hydrogen (secondary N) is 1. The van der Waals surface area contributed by atoms with Gasteiger partial charge >= 0.3 is 6.03 Å². The van der Waals surface area contributed by atoms with Crippen LogP contribution in [0.4, 0.5) is 4.79 Å². The lowest BCUT2D eigenvalue weighted by Crippen LogP contribution is -2.24. The number of thiazole rings is 1. The Kier molecular flexibility index (Phi) is 5.94. The first-order valence-corrected chi connectivity index (χ1v) is 9.79. The Morgan fingerprint density at radius 1 is 1.54 bits per heavy atom. The molecule has 2 amide bonds. The Morgan fingerprint density at radius 2 is 2.29 bits per heavy atom. The summed E-state index contributed by atoms with van der Waals surface area (Å²) in [4.78, 5) is 11.2. The van der Waals surface area contributed by atoms with Crippen molar-refractivity contribution in [2.75, 3.05) is 0 Å². The SMILES string of the molecule is C=CCn1c(Cl)c(C=NNC(N)=O)sc1=NS(=O)(=O)c1cccs1. The molecular formula is C12H12ClN5O3S3. The van der Waals surface area contributed by atoms with Gasteiger partial charge in [0.25, 0.3) is 10.0 Å². The Labute approximate surface area is 150 Å². The number of urea groups is 1. The predicted molar refractivity (Wildman–Crippen MR) is 94.9 cm³/mol. The molecule has 12 heteroatoms. The maximum Gasteiger partial charge on any atom is 0.332 e. The smallest absolute Gasteiger partial charge is 0.332 e. The van der Waals surface area contributed by atoms with Gasteiger partial charge in [-0.3, -0.25) is 0 Å². The maximum atomic E-state index is 12.3. The molecule has 0 bridgehead atoms. The summed E-state index contributed by atoms with van der Waals surface area (Å²) in [6.45, 7) is 3.86. The third-order valence-corrected chi connectivity index (χ3v) is 6.78. The highest BCUT2D eigenvalue weighted by Crippen LogP contribution is 2.20. The zero-order chi connectivity index (χ0) is 17.7. The average molecular weight is 406 g/mol. The van der Waals surface area contributed by atoms with E-state index in [4.69, 9.17) is 17.3 Å². The van der Waals surface area contributed by atoms with Gasteiger partial charge in [0, 0.05) is 6.54 Å². The average Bonchev–Trinajstić information content (AvgIpc) is 3.12. The maximum absolute atomic E-state index is 12.3. The summed E-state index contributed by atoms with van der Waals surface area (Å²) in [7, 11) is -3.84. The fourth-order valence-corrected chi connectivity index (χ4v) is 5.00. The number of carbonyl (C=O) groups excluding carboxylic acids is 1. The van der Waals surface area contributed by atoms with E-state index >= 15 is 0 Å². The van der Waals surface area contributed by atoms with Crippen LogP contribution in [-0.4, -0.2) is 25.2 Å². The molecule has 0 spiro atoms. The zero-order valence-corrected chi connectivity index (χ0v) is 15.3. The highest BCUT2D eigenvalue weighted by atomic mass is 35.5. The first-order chi connectivity index (χ1) is 11.3. The number of hydrogen-bond donors (Lipinski definition) is 2. The summed E-state index contributed by atoms with van der Waals surface area (Å²) in [6.07, 6.45) is 2.81. The number of thiophene rings is 1. The van der Waals surface area contributed by atoms with Crippen LogP contribution in [0.5, 0.6) is 0 Å². The van der Waals surface area contributed by atoms with Crippen LogP contribution < -0.4 is 16.0 Å². The van der Waals surface area contributed by atoms with Crippen molar-refractivity contribution < 1.29 is 13.2 Å². The van der Waals surface area contributed by atoms with E-state index < -0.39 is 16.1 Å². The van der Waals surface area contributed by atoms with E-state index in [2.05, 4.69) is 16.1 Å². The van der Waals surface area contributed by atoms with Crippen LogP contribution in [-0.2, 0) is 16.6 Å². The Balaban J connectivity index is 2.53. The van der Waals surface area contributed by atoms with Crippen molar-refractivity contribution in [2.24, 2.45) is 15.2 Å². The Hall–Kier alpha value is -1.95. The number of rotatable bonds is 6. The highest BCUT2D eigenvalue weighted by Gasteiger charge is 2.16. The molecule has 0 saturated heterocycles. The molecule has 0 radical (unpaired) electrons. The van der Waals surface area contributed by atoms with Crippen LogP contribution in [0.3, 0.4) is 0 Å². The minimum atomic E-state index is -3.84. The zero-order valence-electron chi connectivity index (χ0n) is 12.0. The monoisotopic (exact) mass is 405 g/mol. The molecule has 0 saturated carbocycles. The number of allylic oxidation sites excluding steroid dienone is 1. The molecule has 2 aromatic rings. The van der Waals surface area contributed by atoms with Crippen molar-refractivity contribution in [1.29, 1.82) is 0 Å². The number of sulfonamides is 1. The van der Waals surface area contributed by atoms with Gasteiger partial charge in [-0.25, -0.2) is 10.2 Å². The van der Waals surface area contributed by atoms with E-state index in [0.29, 0.717) is 4.88 Å². The van der Waals surface area contributed by atoms with Crippen LogP contribution >= 0.6 is 34.3 Å². The first-order valence-electron chi connectivity index (χ1n) is 6.28. The van der Waals surface area contributed by atoms with Crippen molar-refractivity contribution in [2.45, 2.75) is 10.8 Å². The summed E-state index contributed by atoms with van der Waals surface area (Å²) >= 11 is 8.29. The lowest BCUT2D eigenvalue weighted by atomic mass is 10.5. The largest absolute Gasteiger partial charge is 0.350 e. The molecule has 0 aromatic carbocycles. The number of primary amides is 1. The van der Waals surface area contributed by atoms with E-state index in [1.165, 1.54) is 16.8 Å². The number of halogens is 1. The molecule has 0 aliphatic carbocycles. The number of hydrogen-bond acceptors (Lipinski definition) is 6. The van der Waals surface area contributed by atoms with Crippen molar-refractivity contribution in [3.63, 3.8) is 0 Å². The van der Waals surface area contributed by atoms with Gasteiger partial charge in [-0.2, -0.15) is 13.5 Å². The first kappa shape index (κ1) is 18.4. The standard InChI is InChI=1S/C12H12ClN5O3S3/c1-2-5-18-10(13)8(7-15-16-11(14)19)23-12(18)17-24(20,21)9-4-3-6-22-9/h2-4,6-7H,1,5H2,(H3,14,16,19). The second kappa shape index (κ2) is 7.75. The van der Waals surface area contributed by atoms with E-state index in [1.54, 1.807) is 17.5 Å². The van der Waals surface area contributed by atoms with Crippen LogP contribution in [0.15, 0.2) is 43.9 Å². The summed E-state index contributed by atoms with van der Waals surface area (Å²) in [5.74, 6) is 0. The van der Waals surface area contributed by atoms with Gasteiger partial charge < -0.3 is 10.3 Å². The van der Waals surface area contributed by atoms with Crippen LogP contribution in [0.25, 0.3) is 0 Å². The van der Waals surface area contributed by atoms with Gasteiger partial charge in [0.15, 0.2) is 0 Å². The minimum Gasteiger partial charge on any atom is -0.350 e. The molecule has 2 aromatic heterocycles. The van der Waals surface area contributed by atoms with Crippen molar-refractivity contribution in [3.05, 3.63) is 45.0 Å². The van der Waals surface area contributed by atoms with Gasteiger partial charge in [0.1, 0.15) is 9.36 Å². The number of aromatic nitrogens is 1. The second-order valence-corrected chi connectivity index (χ2v) is 8.32. The molecule has 128 valence electrons. The summed E-state index contributed by atoms with van der Waals surface area (Å²) in [5, 5.41) is 5.48. The van der Waals surface area contributed by atoms with E-state index in [1.807, 2.05) is 5.43 Å². The van der Waals surface area contributed by atoms with Crippen molar-refractivity contribution in [3.8, 4) is 0 Å². The topological polar surface area (TPSA) is 119 Å². The van der Waals surface area contributed by atoms with Crippen LogP contribution in [0, 0.1) is 0 Å². The van der Waals surface area contributed by atoms with Gasteiger partial charge in [-0.15, -0.1) is 22.3 Å². The third kappa shape index (κ3) is 4.32. The van der Waals surface area contributed by atoms with E-state index in [0.717, 1.165) is 22.7 Å². The van der Waals surface area contributed by atoms with E-state index in [-0.39, 0.29) is 20.7 Å². The van der Waals surface area contributed by atoms with Crippen LogP contribution in [0.1, 0.15) is 4.88 Å². The number of nitrogens with zero attached hydrogens (tertiary/aromatic N) is 3. The third-order valence-electron chi connectivity index (χ3n) is 2.49. The molecule has 24 heavy (non-hydrogen) atoms. The molecule has 3 N–H and O–H groups in total. The molecule has 0 aliphatic rings. The lowest BCUT2D eigenvalue weighted by Gasteiger charge is -2.00. The highest BCUT2D eigenvalue weighted by molar-refractivity contribution is 7.92. The molecule has 2 heterocycles. The molecular weight excluding hydrogens is 394 g/mol. The predicted octanol–water partition coefficient (Wildman–Crippen LogP) is 1.74. The number of carbonyl (C=O) groups is 1. The minimum absolute atomic E-state index is 0.128. The van der Waals surface area contributed by atoms with Gasteiger partial charge in [-0.05, 0) is 11.4 Å². The summed E-state index contributed by atoms with van der Waals surface area (Å²) in [6, 6.07) is 2.26. The molecule has 0 atom stereocenters. The molecule has 8 nitrogen and oxygen atoms in total. The fraction of sp³-hybridized carbons (Fsp3) is 0.0833. The van der Waals surface area contributed by atoms with Crippen LogP contribution in [0.2, 0.25) is 5.15 Å². The van der Waals surface area contributed by atoms with Gasteiger partial charge in [0.2, 0.25) is 4.80 Å². The normalized spacial score (nSPS) is 12.6. The second-order valence-electron chi connectivity index (χ2n) is 4.17. The number of amides is 2. The van der Waals surface area contributed by atoms with Gasteiger partial charge in [0.05, 0.1) is 11.1 Å². The molecule has 0 fully saturated rings. The molecule has 0 unspecified atom stereocenters. The van der Waals surface area contributed by atoms with E-state index in [9.17, 15) is 13.2 Å². The summed E-state index contributed by atoms with van der Waals surface area (Å²) in [5.41, 5.74) is 6.94. The summed E-state index contributed by atoms with van der Waals surface area (Å²) < 4.78 is 30.0. The van der Waals surface area contributed by atoms with Crippen molar-refractivity contribution in [1.82, 2.24) is 9.99 Å². The van der Waals surface area contributed by atoms with Gasteiger partial charge in [-0.1, -0.05) is 35.1 Å².